The van der Waals surface area contributed by atoms with Crippen LogP contribution < -0.4 is 10.2 Å². The maximum Gasteiger partial charge on any atom is 0.139 e. The lowest BCUT2D eigenvalue weighted by atomic mass is 10.1. The smallest absolute Gasteiger partial charge is 0.139 e. The van der Waals surface area contributed by atoms with Crippen LogP contribution in [0, 0.1) is 0 Å². The summed E-state index contributed by atoms with van der Waals surface area (Å²) in [5, 5.41) is 3.41. The second kappa shape index (κ2) is 6.98. The number of nitrogens with one attached hydrogen (secondary N) is 1. The van der Waals surface area contributed by atoms with Crippen LogP contribution in [0.25, 0.3) is 0 Å². The Labute approximate surface area is 148 Å². The van der Waals surface area contributed by atoms with E-state index in [1.807, 2.05) is 0 Å². The molecule has 1 aromatic heterocycles. The summed E-state index contributed by atoms with van der Waals surface area (Å²) in [6.07, 6.45) is 2.99. The van der Waals surface area contributed by atoms with Gasteiger partial charge in [0, 0.05) is 36.4 Å². The van der Waals surface area contributed by atoms with E-state index in [0.717, 1.165) is 48.9 Å². The van der Waals surface area contributed by atoms with Crippen LogP contribution in [-0.4, -0.2) is 41.9 Å². The third kappa shape index (κ3) is 3.60. The summed E-state index contributed by atoms with van der Waals surface area (Å²) in [6.45, 7) is 7.40. The molecule has 132 valence electrons. The van der Waals surface area contributed by atoms with E-state index in [0.29, 0.717) is 6.61 Å². The van der Waals surface area contributed by atoms with Gasteiger partial charge in [0.1, 0.15) is 12.1 Å². The molecule has 0 amide bonds. The van der Waals surface area contributed by atoms with Crippen LogP contribution in [0.3, 0.4) is 0 Å². The van der Waals surface area contributed by atoms with E-state index >= 15 is 0 Å². The van der Waals surface area contributed by atoms with Crippen LogP contribution in [0.2, 0.25) is 0 Å². The minimum Gasteiger partial charge on any atom is -0.376 e. The fourth-order valence-corrected chi connectivity index (χ4v) is 3.55. The molecule has 0 spiro atoms. The molecule has 3 heterocycles. The minimum absolute atomic E-state index is 0.258. The molecule has 2 aromatic rings. The number of nitrogens with zero attached hydrogens (tertiary/aromatic N) is 3. The Kier molecular flexibility index (Phi) is 4.55. The van der Waals surface area contributed by atoms with Gasteiger partial charge in [-0.1, -0.05) is 0 Å². The van der Waals surface area contributed by atoms with Gasteiger partial charge in [0.2, 0.25) is 0 Å². The Hall–Kier alpha value is -2.18. The monoisotopic (exact) mass is 340 g/mol. The zero-order valence-corrected chi connectivity index (χ0v) is 14.7. The molecule has 0 bridgehead atoms. The van der Waals surface area contributed by atoms with Crippen LogP contribution in [0.1, 0.15) is 25.1 Å². The van der Waals surface area contributed by atoms with Crippen LogP contribution in [0.4, 0.5) is 17.2 Å². The summed E-state index contributed by atoms with van der Waals surface area (Å²) >= 11 is 0. The van der Waals surface area contributed by atoms with E-state index in [2.05, 4.69) is 58.3 Å². The van der Waals surface area contributed by atoms with Crippen molar-refractivity contribution in [3.05, 3.63) is 41.9 Å². The fourth-order valence-electron chi connectivity index (χ4n) is 3.55. The van der Waals surface area contributed by atoms with Crippen molar-refractivity contribution in [3.8, 4) is 0 Å². The molecule has 1 fully saturated rings. The van der Waals surface area contributed by atoms with Gasteiger partial charge in [0.15, 0.2) is 0 Å². The summed E-state index contributed by atoms with van der Waals surface area (Å²) in [7, 11) is 0. The molecule has 4 rings (SSSR count). The maximum absolute atomic E-state index is 5.81. The molecule has 2 aliphatic rings. The van der Waals surface area contributed by atoms with Crippen molar-refractivity contribution in [3.63, 3.8) is 0 Å². The second-order valence-electron chi connectivity index (χ2n) is 6.78. The molecule has 0 saturated carbocycles. The fraction of sp³-hybridized carbons (Fsp3) is 0.474. The first kappa shape index (κ1) is 16.3. The summed E-state index contributed by atoms with van der Waals surface area (Å²) in [5.74, 6) is 0.839. The Bertz CT molecular complexity index is 725. The number of rotatable bonds is 3. The molecule has 1 saturated heterocycles. The third-order valence-electron chi connectivity index (χ3n) is 4.68. The molecule has 25 heavy (non-hydrogen) atoms. The number of hydrogen-bond donors (Lipinski definition) is 1. The van der Waals surface area contributed by atoms with E-state index in [-0.39, 0.29) is 12.2 Å². The lowest BCUT2D eigenvalue weighted by Gasteiger charge is -2.36. The first-order valence-corrected chi connectivity index (χ1v) is 8.87. The van der Waals surface area contributed by atoms with Gasteiger partial charge in [-0.3, -0.25) is 0 Å². The van der Waals surface area contributed by atoms with E-state index in [1.54, 1.807) is 6.33 Å². The zero-order valence-electron chi connectivity index (χ0n) is 14.7. The number of anilines is 3. The second-order valence-corrected chi connectivity index (χ2v) is 6.78. The summed E-state index contributed by atoms with van der Waals surface area (Å²) in [4.78, 5) is 11.1. The first-order chi connectivity index (χ1) is 12.2. The molecule has 0 radical (unpaired) electrons. The van der Waals surface area contributed by atoms with Crippen molar-refractivity contribution in [2.24, 2.45) is 0 Å². The van der Waals surface area contributed by atoms with Crippen molar-refractivity contribution in [2.75, 3.05) is 29.9 Å². The van der Waals surface area contributed by atoms with Crippen molar-refractivity contribution in [2.45, 2.75) is 39.1 Å². The highest BCUT2D eigenvalue weighted by Gasteiger charge is 2.22. The van der Waals surface area contributed by atoms with Crippen molar-refractivity contribution < 1.29 is 9.47 Å². The van der Waals surface area contributed by atoms with Gasteiger partial charge in [0.05, 0.1) is 31.1 Å². The molecule has 6 nitrogen and oxygen atoms in total. The Balaban J connectivity index is 1.50. The summed E-state index contributed by atoms with van der Waals surface area (Å²) in [6, 6.07) is 8.49. The molecule has 1 N–H and O–H groups in total. The van der Waals surface area contributed by atoms with E-state index in [4.69, 9.17) is 9.47 Å². The van der Waals surface area contributed by atoms with Crippen LogP contribution in [0.15, 0.2) is 30.6 Å². The van der Waals surface area contributed by atoms with Gasteiger partial charge in [-0.15, -0.1) is 0 Å². The van der Waals surface area contributed by atoms with Gasteiger partial charge in [-0.2, -0.15) is 0 Å². The largest absolute Gasteiger partial charge is 0.376 e. The number of aromatic nitrogens is 2. The average Bonchev–Trinajstić information content (AvgIpc) is 2.62. The molecule has 0 aliphatic carbocycles. The van der Waals surface area contributed by atoms with Crippen molar-refractivity contribution in [1.82, 2.24) is 9.97 Å². The van der Waals surface area contributed by atoms with Crippen LogP contribution >= 0.6 is 0 Å². The molecule has 2 atom stereocenters. The van der Waals surface area contributed by atoms with Gasteiger partial charge >= 0.3 is 0 Å². The standard InChI is InChI=1S/C19H24N4O2/c1-13-9-23(10-14(2)25-13)16-5-3-15(4-6-16)22-19-17-11-24-8-7-18(17)20-12-21-19/h3-6,12-14H,7-11H2,1-2H3,(H,20,21,22)/t13-,14+. The SMILES string of the molecule is C[C@@H]1CN(c2ccc(Nc3ncnc4c3COCC4)cc2)C[C@H](C)O1. The zero-order chi connectivity index (χ0) is 17.2. The van der Waals surface area contributed by atoms with Crippen LogP contribution in [-0.2, 0) is 22.5 Å². The molecule has 6 heteroatoms. The molecular formula is C19H24N4O2. The highest BCUT2D eigenvalue weighted by atomic mass is 16.5. The summed E-state index contributed by atoms with van der Waals surface area (Å²) < 4.78 is 11.4. The lowest BCUT2D eigenvalue weighted by Crippen LogP contribution is -2.45. The molecule has 2 aliphatic heterocycles. The van der Waals surface area contributed by atoms with Gasteiger partial charge in [-0.25, -0.2) is 9.97 Å². The van der Waals surface area contributed by atoms with E-state index in [9.17, 15) is 0 Å². The quantitative estimate of drug-likeness (QED) is 0.927. The Morgan fingerprint density at radius 2 is 1.84 bits per heavy atom. The molecular weight excluding hydrogens is 316 g/mol. The predicted molar refractivity (Wildman–Crippen MR) is 97.3 cm³/mol. The van der Waals surface area contributed by atoms with Gasteiger partial charge < -0.3 is 19.7 Å². The number of morpholine rings is 1. The van der Waals surface area contributed by atoms with E-state index in [1.165, 1.54) is 5.69 Å². The predicted octanol–water partition coefficient (Wildman–Crippen LogP) is 2.91. The Morgan fingerprint density at radius 3 is 2.60 bits per heavy atom. The van der Waals surface area contributed by atoms with Crippen molar-refractivity contribution >= 4 is 17.2 Å². The van der Waals surface area contributed by atoms with Gasteiger partial charge in [0.25, 0.3) is 0 Å². The number of hydrogen-bond acceptors (Lipinski definition) is 6. The average molecular weight is 340 g/mol. The summed E-state index contributed by atoms with van der Waals surface area (Å²) in [5.41, 5.74) is 4.38. The van der Waals surface area contributed by atoms with Crippen molar-refractivity contribution in [1.29, 1.82) is 0 Å². The highest BCUT2D eigenvalue weighted by Crippen LogP contribution is 2.26. The maximum atomic E-state index is 5.81. The van der Waals surface area contributed by atoms with Gasteiger partial charge in [-0.05, 0) is 38.1 Å². The highest BCUT2D eigenvalue weighted by molar-refractivity contribution is 5.63. The normalized spacial score (nSPS) is 23.2. The molecule has 1 aromatic carbocycles. The minimum atomic E-state index is 0.258. The lowest BCUT2D eigenvalue weighted by molar-refractivity contribution is -0.00521. The number of benzene rings is 1. The topological polar surface area (TPSA) is 59.5 Å². The van der Waals surface area contributed by atoms with Crippen LogP contribution in [0.5, 0.6) is 0 Å². The number of ether oxygens (including phenoxy) is 2. The third-order valence-corrected chi connectivity index (χ3v) is 4.68. The number of fused-ring (bicyclic) bond motifs is 1. The first-order valence-electron chi connectivity index (χ1n) is 8.87. The molecule has 0 unspecified atom stereocenters. The Morgan fingerprint density at radius 1 is 1.08 bits per heavy atom. The van der Waals surface area contributed by atoms with E-state index < -0.39 is 0 Å².